The summed E-state index contributed by atoms with van der Waals surface area (Å²) < 4.78 is 0. The quantitative estimate of drug-likeness (QED) is 0.137. The largest absolute Gasteiger partial charge is 0.503 e. The summed E-state index contributed by atoms with van der Waals surface area (Å²) in [6.07, 6.45) is -0.961. The van der Waals surface area contributed by atoms with Crippen molar-refractivity contribution in [2.75, 3.05) is 18.1 Å². The van der Waals surface area contributed by atoms with E-state index in [0.29, 0.717) is 6.54 Å². The summed E-state index contributed by atoms with van der Waals surface area (Å²) in [5.74, 6) is 1.73. The maximum atomic E-state index is 10.5. The van der Waals surface area contributed by atoms with Gasteiger partial charge in [-0.2, -0.15) is 0 Å². The second-order valence-corrected chi connectivity index (χ2v) is 6.26. The molecule has 1 rings (SSSR count). The molecule has 0 saturated carbocycles. The van der Waals surface area contributed by atoms with E-state index >= 15 is 0 Å². The monoisotopic (exact) mass is 346 g/mol. The molecule has 1 aromatic rings. The third kappa shape index (κ3) is 11.7. The van der Waals surface area contributed by atoms with Crippen LogP contribution in [0.2, 0.25) is 0 Å². The van der Waals surface area contributed by atoms with Crippen LogP contribution in [-0.2, 0) is 6.42 Å². The predicted molar refractivity (Wildman–Crippen MR) is 86.4 cm³/mol. The SMILES string of the molecule is O=C(O)O.[N-]=[N+]=NCCSSCCc1ccc([N+](=O)[O-])cc1. The molecule has 1 aromatic carbocycles. The summed E-state index contributed by atoms with van der Waals surface area (Å²) in [6, 6.07) is 6.61. The number of hydrogen-bond donors (Lipinski definition) is 2. The minimum absolute atomic E-state index is 0.121. The lowest BCUT2D eigenvalue weighted by Crippen LogP contribution is -1.91. The van der Waals surface area contributed by atoms with Crippen LogP contribution in [0.5, 0.6) is 0 Å². The molecule has 0 unspecified atom stereocenters. The Balaban J connectivity index is 0.000000980. The molecule has 120 valence electrons. The fourth-order valence-electron chi connectivity index (χ4n) is 1.18. The molecule has 0 bridgehead atoms. The number of aryl methyl sites for hydroxylation is 1. The van der Waals surface area contributed by atoms with Crippen molar-refractivity contribution in [2.24, 2.45) is 5.11 Å². The number of nitrogens with zero attached hydrogens (tertiary/aromatic N) is 4. The Labute approximate surface area is 133 Å². The number of nitro benzene ring substituents is 1. The Morgan fingerprint density at radius 2 is 1.82 bits per heavy atom. The van der Waals surface area contributed by atoms with Gasteiger partial charge in [0.1, 0.15) is 0 Å². The molecule has 0 aromatic heterocycles. The molecule has 2 N–H and O–H groups in total. The number of carbonyl (C=O) groups is 1. The van der Waals surface area contributed by atoms with Crippen molar-refractivity contribution >= 4 is 33.4 Å². The highest BCUT2D eigenvalue weighted by Crippen LogP contribution is 2.22. The maximum Gasteiger partial charge on any atom is 0.503 e. The molecule has 0 amide bonds. The third-order valence-electron chi connectivity index (χ3n) is 2.04. The molecule has 0 fully saturated rings. The van der Waals surface area contributed by atoms with E-state index in [4.69, 9.17) is 20.5 Å². The number of hydrogen-bond acceptors (Lipinski definition) is 6. The van der Waals surface area contributed by atoms with Crippen LogP contribution in [0.4, 0.5) is 10.5 Å². The summed E-state index contributed by atoms with van der Waals surface area (Å²) >= 11 is 0. The van der Waals surface area contributed by atoms with Gasteiger partial charge in [0.25, 0.3) is 5.69 Å². The summed E-state index contributed by atoms with van der Waals surface area (Å²) in [4.78, 5) is 21.3. The van der Waals surface area contributed by atoms with E-state index in [9.17, 15) is 10.1 Å². The third-order valence-corrected chi connectivity index (χ3v) is 4.43. The van der Waals surface area contributed by atoms with Crippen LogP contribution in [0.1, 0.15) is 5.56 Å². The number of benzene rings is 1. The van der Waals surface area contributed by atoms with Crippen molar-refractivity contribution in [3.63, 3.8) is 0 Å². The fraction of sp³-hybridized carbons (Fsp3) is 0.364. The summed E-state index contributed by atoms with van der Waals surface area (Å²) in [6.45, 7) is 0.506. The van der Waals surface area contributed by atoms with E-state index in [-0.39, 0.29) is 5.69 Å². The second-order valence-electron chi connectivity index (χ2n) is 3.55. The number of nitro groups is 1. The van der Waals surface area contributed by atoms with E-state index < -0.39 is 11.1 Å². The standard InChI is InChI=1S/C10H12N4O2S2.CH2O3/c11-13-12-6-8-18-17-7-5-9-1-3-10(4-2-9)14(15)16;2-1(3)4/h1-4H,5-8H2;(H2,2,3,4). The number of non-ortho nitro benzene ring substituents is 1. The van der Waals surface area contributed by atoms with Gasteiger partial charge in [0, 0.05) is 35.1 Å². The van der Waals surface area contributed by atoms with Crippen LogP contribution >= 0.6 is 21.6 Å². The van der Waals surface area contributed by atoms with Gasteiger partial charge in [0.15, 0.2) is 0 Å². The molecule has 9 nitrogen and oxygen atoms in total. The van der Waals surface area contributed by atoms with Crippen molar-refractivity contribution in [2.45, 2.75) is 6.42 Å². The minimum atomic E-state index is -1.83. The van der Waals surface area contributed by atoms with Crippen molar-refractivity contribution in [1.82, 2.24) is 0 Å². The molecular weight excluding hydrogens is 332 g/mol. The predicted octanol–water partition coefficient (Wildman–Crippen LogP) is 4.05. The molecule has 0 aliphatic carbocycles. The Hall–Kier alpha value is -2.10. The molecule has 0 spiro atoms. The fourth-order valence-corrected chi connectivity index (χ4v) is 3.08. The zero-order chi connectivity index (χ0) is 16.8. The topological polar surface area (TPSA) is 149 Å². The first-order valence-corrected chi connectivity index (χ1v) is 8.36. The first-order valence-electron chi connectivity index (χ1n) is 5.88. The van der Waals surface area contributed by atoms with Crippen LogP contribution < -0.4 is 0 Å². The van der Waals surface area contributed by atoms with Crippen LogP contribution in [0.3, 0.4) is 0 Å². The molecular formula is C11H14N4O5S2. The molecule has 0 saturated heterocycles. The van der Waals surface area contributed by atoms with E-state index in [1.165, 1.54) is 12.1 Å². The van der Waals surface area contributed by atoms with Crippen molar-refractivity contribution < 1.29 is 19.9 Å². The highest BCUT2D eigenvalue weighted by atomic mass is 33.1. The van der Waals surface area contributed by atoms with Gasteiger partial charge in [-0.1, -0.05) is 38.8 Å². The lowest BCUT2D eigenvalue weighted by Gasteiger charge is -2.00. The normalized spacial score (nSPS) is 9.09. The van der Waals surface area contributed by atoms with E-state index in [2.05, 4.69) is 10.0 Å². The minimum Gasteiger partial charge on any atom is -0.450 e. The smallest absolute Gasteiger partial charge is 0.450 e. The summed E-state index contributed by atoms with van der Waals surface area (Å²) in [5.41, 5.74) is 9.28. The van der Waals surface area contributed by atoms with Crippen LogP contribution in [-0.4, -0.2) is 39.3 Å². The van der Waals surface area contributed by atoms with Crippen LogP contribution in [0.25, 0.3) is 10.4 Å². The Kier molecular flexibility index (Phi) is 11.4. The Bertz CT molecular complexity index is 516. The van der Waals surface area contributed by atoms with E-state index in [1.54, 1.807) is 33.7 Å². The number of rotatable bonds is 8. The first-order chi connectivity index (χ1) is 10.5. The zero-order valence-electron chi connectivity index (χ0n) is 11.4. The van der Waals surface area contributed by atoms with Gasteiger partial charge >= 0.3 is 6.16 Å². The molecule has 0 atom stereocenters. The molecule has 0 aliphatic heterocycles. The average molecular weight is 346 g/mol. The van der Waals surface area contributed by atoms with Gasteiger partial charge in [0.2, 0.25) is 0 Å². The summed E-state index contributed by atoms with van der Waals surface area (Å²) in [5, 5.41) is 27.8. The average Bonchev–Trinajstić information content (AvgIpc) is 2.46. The van der Waals surface area contributed by atoms with Crippen molar-refractivity contribution in [3.8, 4) is 0 Å². The Morgan fingerprint density at radius 1 is 1.27 bits per heavy atom. The van der Waals surface area contributed by atoms with Gasteiger partial charge in [-0.3, -0.25) is 10.1 Å². The van der Waals surface area contributed by atoms with E-state index in [0.717, 1.165) is 23.5 Å². The van der Waals surface area contributed by atoms with Gasteiger partial charge in [-0.05, 0) is 17.5 Å². The number of azide groups is 1. The molecule has 22 heavy (non-hydrogen) atoms. The molecule has 0 aliphatic rings. The lowest BCUT2D eigenvalue weighted by atomic mass is 10.1. The lowest BCUT2D eigenvalue weighted by molar-refractivity contribution is -0.384. The summed E-state index contributed by atoms with van der Waals surface area (Å²) in [7, 11) is 3.37. The van der Waals surface area contributed by atoms with Gasteiger partial charge in [0.05, 0.1) is 4.92 Å². The molecule has 0 radical (unpaired) electrons. The second kappa shape index (κ2) is 12.6. The Morgan fingerprint density at radius 3 is 2.32 bits per heavy atom. The maximum absolute atomic E-state index is 10.5. The highest BCUT2D eigenvalue weighted by Gasteiger charge is 2.03. The highest BCUT2D eigenvalue weighted by molar-refractivity contribution is 8.76. The first kappa shape index (κ1) is 19.9. The van der Waals surface area contributed by atoms with Gasteiger partial charge in [-0.25, -0.2) is 4.79 Å². The molecule has 11 heteroatoms. The van der Waals surface area contributed by atoms with Crippen molar-refractivity contribution in [3.05, 3.63) is 50.4 Å². The van der Waals surface area contributed by atoms with Gasteiger partial charge in [-0.15, -0.1) is 0 Å². The molecule has 0 heterocycles. The van der Waals surface area contributed by atoms with E-state index in [1.807, 2.05) is 0 Å². The number of carboxylic acid groups (broad SMARTS) is 2. The van der Waals surface area contributed by atoms with Gasteiger partial charge < -0.3 is 10.2 Å². The van der Waals surface area contributed by atoms with Crippen molar-refractivity contribution in [1.29, 1.82) is 0 Å². The zero-order valence-corrected chi connectivity index (χ0v) is 13.0. The van der Waals surface area contributed by atoms with Crippen LogP contribution in [0.15, 0.2) is 29.4 Å². The van der Waals surface area contributed by atoms with Crippen LogP contribution in [0, 0.1) is 10.1 Å².